The number of hydrogen-bond acceptors (Lipinski definition) is 2. The molecule has 11 rings (SSSR count). The monoisotopic (exact) mass is 798 g/mol. The molecule has 5 aliphatic rings. The lowest BCUT2D eigenvalue weighted by molar-refractivity contribution is 0.660. The van der Waals surface area contributed by atoms with E-state index in [1.165, 1.54) is 84.0 Å². The van der Waals surface area contributed by atoms with E-state index < -0.39 is 0 Å². The molecular formula is C60H50N2. The van der Waals surface area contributed by atoms with Gasteiger partial charge in [0.25, 0.3) is 0 Å². The van der Waals surface area contributed by atoms with Crippen LogP contribution in [0.15, 0.2) is 224 Å². The summed E-state index contributed by atoms with van der Waals surface area (Å²) in [6.45, 7) is 6.99. The van der Waals surface area contributed by atoms with Gasteiger partial charge in [-0.25, -0.2) is 0 Å². The zero-order valence-corrected chi connectivity index (χ0v) is 35.6. The summed E-state index contributed by atoms with van der Waals surface area (Å²) in [6, 6.07) is 51.9. The van der Waals surface area contributed by atoms with Gasteiger partial charge in [-0.05, 0) is 110 Å². The number of para-hydroxylation sites is 1. The van der Waals surface area contributed by atoms with Gasteiger partial charge in [0.1, 0.15) is 0 Å². The maximum atomic E-state index is 2.58. The first-order valence-electron chi connectivity index (χ1n) is 22.1. The zero-order valence-electron chi connectivity index (χ0n) is 35.6. The number of anilines is 4. The summed E-state index contributed by atoms with van der Waals surface area (Å²) in [5, 5.41) is 0. The highest BCUT2D eigenvalue weighted by atomic mass is 15.2. The Bertz CT molecular complexity index is 2980. The normalized spacial score (nSPS) is 20.0. The predicted octanol–water partition coefficient (Wildman–Crippen LogP) is 15.6. The Morgan fingerprint density at radius 3 is 2.19 bits per heavy atom. The zero-order chi connectivity index (χ0) is 41.8. The van der Waals surface area contributed by atoms with Gasteiger partial charge in [0.2, 0.25) is 0 Å². The Labute approximate surface area is 366 Å². The van der Waals surface area contributed by atoms with Gasteiger partial charge in [-0.15, -0.1) is 0 Å². The minimum atomic E-state index is -0.0615. The van der Waals surface area contributed by atoms with E-state index in [0.717, 1.165) is 12.1 Å². The standard InChI is InChI=1S/C60H50N2/c1-41-19-10-11-22-44(37-41)46-38-45(42-20-6-4-7-21-42)39-49(40-46)61(56-33-18-34-57-59(56)52-28-13-15-32-55(52)62(57)47-24-8-5-9-25-47)48-26-16-23-43(35-36-48)50-29-17-31-54-58(50)51-27-12-14-30-53(51)60(54,2)3/h4-25,27-41,52,55H,26H2,1-3H3/t41-,52?,55?/m0/s1. The number of benzene rings is 6. The van der Waals surface area contributed by atoms with Gasteiger partial charge in [0.15, 0.2) is 0 Å². The SMILES string of the molecule is C[C@H]1C=CC=CC(c2cc(-c3ccccc3)cc(N(C3=CC=C(c4cccc5c4-c4ccccc4C5(C)C)C=CC3)c3cccc4c3C3C=CC=CC3N4c3ccccc3)c2)=C1. The largest absolute Gasteiger partial charge is 0.333 e. The van der Waals surface area contributed by atoms with Crippen molar-refractivity contribution in [3.8, 4) is 22.3 Å². The fourth-order valence-electron chi connectivity index (χ4n) is 10.6. The topological polar surface area (TPSA) is 6.48 Å². The van der Waals surface area contributed by atoms with E-state index >= 15 is 0 Å². The Hall–Kier alpha value is -7.16. The van der Waals surface area contributed by atoms with Gasteiger partial charge in [-0.3, -0.25) is 0 Å². The van der Waals surface area contributed by atoms with Gasteiger partial charge >= 0.3 is 0 Å². The molecule has 2 nitrogen and oxygen atoms in total. The van der Waals surface area contributed by atoms with Gasteiger partial charge in [0, 0.05) is 46.1 Å². The fourth-order valence-corrected chi connectivity index (χ4v) is 10.6. The molecule has 62 heavy (non-hydrogen) atoms. The molecule has 0 fully saturated rings. The van der Waals surface area contributed by atoms with Crippen LogP contribution in [-0.4, -0.2) is 6.04 Å². The maximum absolute atomic E-state index is 2.58. The molecule has 1 aliphatic heterocycles. The van der Waals surface area contributed by atoms with Gasteiger partial charge in [-0.2, -0.15) is 0 Å². The molecule has 0 bridgehead atoms. The first kappa shape index (κ1) is 37.8. The second kappa shape index (κ2) is 15.4. The number of rotatable bonds is 7. The molecule has 0 spiro atoms. The summed E-state index contributed by atoms with van der Waals surface area (Å²) in [5.41, 5.74) is 20.2. The highest BCUT2D eigenvalue weighted by molar-refractivity contribution is 5.94. The lowest BCUT2D eigenvalue weighted by Gasteiger charge is -2.31. The minimum Gasteiger partial charge on any atom is -0.333 e. The third-order valence-corrected chi connectivity index (χ3v) is 13.5. The van der Waals surface area contributed by atoms with E-state index in [1.807, 2.05) is 0 Å². The van der Waals surface area contributed by atoms with Crippen molar-refractivity contribution in [3.05, 3.63) is 252 Å². The van der Waals surface area contributed by atoms with E-state index in [0.29, 0.717) is 5.92 Å². The minimum absolute atomic E-state index is 0.0615. The van der Waals surface area contributed by atoms with Crippen LogP contribution in [0.1, 0.15) is 60.9 Å². The Morgan fingerprint density at radius 2 is 1.32 bits per heavy atom. The number of allylic oxidation sites excluding steroid dienone is 13. The maximum Gasteiger partial charge on any atom is 0.0630 e. The Balaban J connectivity index is 1.14. The fraction of sp³-hybridized carbons (Fsp3) is 0.133. The number of nitrogens with zero attached hydrogens (tertiary/aromatic N) is 2. The molecule has 3 atom stereocenters. The molecule has 1 heterocycles. The van der Waals surface area contributed by atoms with Crippen molar-refractivity contribution in [2.45, 2.75) is 44.6 Å². The molecule has 6 aromatic rings. The summed E-state index contributed by atoms with van der Waals surface area (Å²) >= 11 is 0. The molecule has 4 aliphatic carbocycles. The molecule has 0 aromatic heterocycles. The molecule has 2 unspecified atom stereocenters. The summed E-state index contributed by atoms with van der Waals surface area (Å²) in [4.78, 5) is 5.12. The van der Waals surface area contributed by atoms with Crippen molar-refractivity contribution in [2.75, 3.05) is 9.80 Å². The first-order chi connectivity index (χ1) is 30.4. The lowest BCUT2D eigenvalue weighted by atomic mass is 9.82. The smallest absolute Gasteiger partial charge is 0.0630 e. The average Bonchev–Trinajstić information content (AvgIpc) is 3.48. The van der Waals surface area contributed by atoms with Gasteiger partial charge in [0.05, 0.1) is 11.7 Å². The van der Waals surface area contributed by atoms with Crippen LogP contribution in [0, 0.1) is 5.92 Å². The van der Waals surface area contributed by atoms with E-state index in [4.69, 9.17) is 0 Å². The van der Waals surface area contributed by atoms with Crippen LogP contribution in [0.25, 0.3) is 33.4 Å². The molecule has 0 radical (unpaired) electrons. The van der Waals surface area contributed by atoms with Crippen molar-refractivity contribution >= 4 is 33.9 Å². The predicted molar refractivity (Wildman–Crippen MR) is 263 cm³/mol. The van der Waals surface area contributed by atoms with Crippen LogP contribution in [-0.2, 0) is 5.41 Å². The van der Waals surface area contributed by atoms with Crippen LogP contribution in [0.2, 0.25) is 0 Å². The second-order valence-corrected chi connectivity index (χ2v) is 17.7. The molecule has 0 saturated heterocycles. The summed E-state index contributed by atoms with van der Waals surface area (Å²) < 4.78 is 0. The molecule has 2 heteroatoms. The molecule has 0 amide bonds. The molecule has 6 aromatic carbocycles. The first-order valence-corrected chi connectivity index (χ1v) is 22.1. The quantitative estimate of drug-likeness (QED) is 0.159. The van der Waals surface area contributed by atoms with Crippen LogP contribution in [0.4, 0.5) is 22.7 Å². The van der Waals surface area contributed by atoms with Gasteiger partial charge < -0.3 is 9.80 Å². The number of fused-ring (bicyclic) bond motifs is 6. The van der Waals surface area contributed by atoms with Crippen molar-refractivity contribution in [3.63, 3.8) is 0 Å². The van der Waals surface area contributed by atoms with Crippen molar-refractivity contribution < 1.29 is 0 Å². The third-order valence-electron chi connectivity index (χ3n) is 13.5. The van der Waals surface area contributed by atoms with Crippen molar-refractivity contribution in [1.82, 2.24) is 0 Å². The Morgan fingerprint density at radius 1 is 0.597 bits per heavy atom. The average molecular weight is 799 g/mol. The van der Waals surface area contributed by atoms with Crippen LogP contribution >= 0.6 is 0 Å². The highest BCUT2D eigenvalue weighted by Gasteiger charge is 2.41. The Kier molecular flexibility index (Phi) is 9.38. The van der Waals surface area contributed by atoms with E-state index in [9.17, 15) is 0 Å². The second-order valence-electron chi connectivity index (χ2n) is 17.7. The van der Waals surface area contributed by atoms with E-state index in [2.05, 4.69) is 249 Å². The number of hydrogen-bond donors (Lipinski definition) is 0. The highest BCUT2D eigenvalue weighted by Crippen LogP contribution is 2.54. The third kappa shape index (κ3) is 6.41. The van der Waals surface area contributed by atoms with Crippen LogP contribution in [0.5, 0.6) is 0 Å². The summed E-state index contributed by atoms with van der Waals surface area (Å²) in [6.07, 6.45) is 30.7. The van der Waals surface area contributed by atoms with Gasteiger partial charge in [-0.1, -0.05) is 191 Å². The van der Waals surface area contributed by atoms with Crippen molar-refractivity contribution in [2.24, 2.45) is 5.92 Å². The van der Waals surface area contributed by atoms with E-state index in [-0.39, 0.29) is 17.4 Å². The van der Waals surface area contributed by atoms with Crippen LogP contribution < -0.4 is 9.80 Å². The molecular weight excluding hydrogens is 749 g/mol. The molecule has 300 valence electrons. The molecule has 0 saturated carbocycles. The molecule has 0 N–H and O–H groups in total. The van der Waals surface area contributed by atoms with E-state index in [1.54, 1.807) is 0 Å². The summed E-state index contributed by atoms with van der Waals surface area (Å²) in [7, 11) is 0. The lowest BCUT2D eigenvalue weighted by Crippen LogP contribution is -2.28. The van der Waals surface area contributed by atoms with Crippen molar-refractivity contribution in [1.29, 1.82) is 0 Å². The van der Waals surface area contributed by atoms with Crippen LogP contribution in [0.3, 0.4) is 0 Å². The summed E-state index contributed by atoms with van der Waals surface area (Å²) in [5.74, 6) is 0.494.